The van der Waals surface area contributed by atoms with Gasteiger partial charge in [0.2, 0.25) is 0 Å². The minimum Gasteiger partial charge on any atom is -0.312 e. The topological polar surface area (TPSA) is 15.3 Å². The molecule has 1 atom stereocenters. The van der Waals surface area contributed by atoms with Gasteiger partial charge in [0.05, 0.1) is 0 Å². The van der Waals surface area contributed by atoms with Crippen molar-refractivity contribution in [2.45, 2.75) is 45.2 Å². The van der Waals surface area contributed by atoms with Gasteiger partial charge in [-0.1, -0.05) is 24.3 Å². The van der Waals surface area contributed by atoms with Crippen molar-refractivity contribution in [1.82, 2.24) is 10.2 Å². The predicted molar refractivity (Wildman–Crippen MR) is 77.9 cm³/mol. The molecule has 1 aromatic rings. The monoisotopic (exact) mass is 246 g/mol. The molecule has 2 nitrogen and oxygen atoms in total. The molecule has 1 aliphatic rings. The molecule has 0 saturated carbocycles. The summed E-state index contributed by atoms with van der Waals surface area (Å²) < 4.78 is 0. The van der Waals surface area contributed by atoms with Gasteiger partial charge in [-0.15, -0.1) is 0 Å². The zero-order valence-electron chi connectivity index (χ0n) is 12.2. The second kappa shape index (κ2) is 5.41. The van der Waals surface area contributed by atoms with Gasteiger partial charge in [-0.25, -0.2) is 0 Å². The van der Waals surface area contributed by atoms with E-state index < -0.39 is 0 Å². The van der Waals surface area contributed by atoms with E-state index in [4.69, 9.17) is 0 Å². The van der Waals surface area contributed by atoms with Crippen LogP contribution in [0, 0.1) is 6.92 Å². The van der Waals surface area contributed by atoms with E-state index in [0.29, 0.717) is 11.6 Å². The Balaban J connectivity index is 2.13. The Morgan fingerprint density at radius 2 is 2.06 bits per heavy atom. The third-order valence-electron chi connectivity index (χ3n) is 4.39. The molecule has 0 aliphatic carbocycles. The lowest BCUT2D eigenvalue weighted by atomic mass is 9.98. The first-order chi connectivity index (χ1) is 8.54. The summed E-state index contributed by atoms with van der Waals surface area (Å²) in [5.74, 6) is 0. The SMILES string of the molecule is CNC(CN1CCCC1(C)C)c1ccccc1C. The first kappa shape index (κ1) is 13.6. The number of hydrogen-bond acceptors (Lipinski definition) is 2. The molecule has 100 valence electrons. The van der Waals surface area contributed by atoms with E-state index >= 15 is 0 Å². The lowest BCUT2D eigenvalue weighted by Gasteiger charge is -2.35. The molecule has 1 aromatic carbocycles. The van der Waals surface area contributed by atoms with Gasteiger partial charge in [-0.2, -0.15) is 0 Å². The van der Waals surface area contributed by atoms with Crippen molar-refractivity contribution in [2.24, 2.45) is 0 Å². The van der Waals surface area contributed by atoms with Crippen LogP contribution in [0.2, 0.25) is 0 Å². The van der Waals surface area contributed by atoms with Crippen LogP contribution < -0.4 is 5.32 Å². The Bertz CT molecular complexity index is 398. The highest BCUT2D eigenvalue weighted by atomic mass is 15.2. The van der Waals surface area contributed by atoms with Crippen molar-refractivity contribution in [1.29, 1.82) is 0 Å². The number of hydrogen-bond donors (Lipinski definition) is 1. The van der Waals surface area contributed by atoms with Gasteiger partial charge < -0.3 is 5.32 Å². The normalized spacial score (nSPS) is 21.1. The van der Waals surface area contributed by atoms with Crippen molar-refractivity contribution in [3.8, 4) is 0 Å². The summed E-state index contributed by atoms with van der Waals surface area (Å²) in [4.78, 5) is 2.63. The predicted octanol–water partition coefficient (Wildman–Crippen LogP) is 3.13. The van der Waals surface area contributed by atoms with E-state index in [0.717, 1.165) is 6.54 Å². The fourth-order valence-electron chi connectivity index (χ4n) is 3.05. The van der Waals surface area contributed by atoms with E-state index in [1.54, 1.807) is 0 Å². The van der Waals surface area contributed by atoms with E-state index in [9.17, 15) is 0 Å². The third kappa shape index (κ3) is 2.76. The van der Waals surface area contributed by atoms with Gasteiger partial charge >= 0.3 is 0 Å². The average molecular weight is 246 g/mol. The first-order valence-corrected chi connectivity index (χ1v) is 7.02. The summed E-state index contributed by atoms with van der Waals surface area (Å²) in [6.07, 6.45) is 2.65. The largest absolute Gasteiger partial charge is 0.312 e. The molecule has 1 heterocycles. The fraction of sp³-hybridized carbons (Fsp3) is 0.625. The molecule has 18 heavy (non-hydrogen) atoms. The maximum Gasteiger partial charge on any atom is 0.0449 e. The molecule has 0 bridgehead atoms. The number of nitrogens with zero attached hydrogens (tertiary/aromatic N) is 1. The van der Waals surface area contributed by atoms with Gasteiger partial charge in [0, 0.05) is 18.1 Å². The minimum atomic E-state index is 0.359. The van der Waals surface area contributed by atoms with Crippen molar-refractivity contribution in [2.75, 3.05) is 20.1 Å². The van der Waals surface area contributed by atoms with E-state index in [-0.39, 0.29) is 0 Å². The Labute approximate surface area is 111 Å². The molecule has 0 amide bonds. The van der Waals surface area contributed by atoms with Gasteiger partial charge in [0.25, 0.3) is 0 Å². The number of rotatable bonds is 4. The molecule has 1 aliphatic heterocycles. The summed E-state index contributed by atoms with van der Waals surface area (Å²) in [6, 6.07) is 9.14. The van der Waals surface area contributed by atoms with Gasteiger partial charge in [-0.3, -0.25) is 4.90 Å². The van der Waals surface area contributed by atoms with E-state index in [2.05, 4.69) is 62.3 Å². The van der Waals surface area contributed by atoms with Crippen LogP contribution in [0.1, 0.15) is 43.9 Å². The molecule has 1 fully saturated rings. The summed E-state index contributed by atoms with van der Waals surface area (Å²) in [5.41, 5.74) is 3.18. The second-order valence-corrected chi connectivity index (χ2v) is 6.06. The molecule has 2 rings (SSSR count). The third-order valence-corrected chi connectivity index (χ3v) is 4.39. The smallest absolute Gasteiger partial charge is 0.0449 e. The van der Waals surface area contributed by atoms with E-state index in [1.165, 1.54) is 30.5 Å². The molecule has 0 aromatic heterocycles. The van der Waals surface area contributed by atoms with Crippen molar-refractivity contribution in [3.63, 3.8) is 0 Å². The number of nitrogens with one attached hydrogen (secondary N) is 1. The maximum atomic E-state index is 3.48. The Morgan fingerprint density at radius 1 is 1.33 bits per heavy atom. The Morgan fingerprint density at radius 3 is 2.61 bits per heavy atom. The average Bonchev–Trinajstić information content (AvgIpc) is 2.66. The lowest BCUT2D eigenvalue weighted by molar-refractivity contribution is 0.158. The zero-order valence-corrected chi connectivity index (χ0v) is 12.2. The maximum absolute atomic E-state index is 3.48. The highest BCUT2D eigenvalue weighted by Gasteiger charge is 2.33. The minimum absolute atomic E-state index is 0.359. The van der Waals surface area contributed by atoms with Crippen LogP contribution in [0.25, 0.3) is 0 Å². The Hall–Kier alpha value is -0.860. The number of likely N-dealkylation sites (tertiary alicyclic amines) is 1. The molecule has 1 saturated heterocycles. The van der Waals surface area contributed by atoms with Crippen LogP contribution in [0.15, 0.2) is 24.3 Å². The van der Waals surface area contributed by atoms with Crippen molar-refractivity contribution < 1.29 is 0 Å². The molecule has 1 N–H and O–H groups in total. The van der Waals surface area contributed by atoms with Crippen molar-refractivity contribution >= 4 is 0 Å². The molecule has 1 unspecified atom stereocenters. The van der Waals surface area contributed by atoms with Gasteiger partial charge in [0.15, 0.2) is 0 Å². The van der Waals surface area contributed by atoms with Crippen LogP contribution in [-0.2, 0) is 0 Å². The first-order valence-electron chi connectivity index (χ1n) is 7.02. The molecule has 2 heteroatoms. The highest BCUT2D eigenvalue weighted by molar-refractivity contribution is 5.29. The summed E-state index contributed by atoms with van der Waals surface area (Å²) >= 11 is 0. The zero-order chi connectivity index (χ0) is 13.2. The van der Waals surface area contributed by atoms with Crippen LogP contribution in [0.4, 0.5) is 0 Å². The molecular formula is C16H26N2. The number of aryl methyl sites for hydroxylation is 1. The molecule has 0 radical (unpaired) electrons. The Kier molecular flexibility index (Phi) is 4.08. The quantitative estimate of drug-likeness (QED) is 0.878. The summed E-state index contributed by atoms with van der Waals surface area (Å²) in [7, 11) is 2.07. The summed E-state index contributed by atoms with van der Waals surface area (Å²) in [5, 5.41) is 3.48. The van der Waals surface area contributed by atoms with Crippen LogP contribution in [0.5, 0.6) is 0 Å². The van der Waals surface area contributed by atoms with Crippen LogP contribution in [-0.4, -0.2) is 30.6 Å². The summed E-state index contributed by atoms with van der Waals surface area (Å²) in [6.45, 7) is 9.27. The van der Waals surface area contributed by atoms with Gasteiger partial charge in [0.1, 0.15) is 0 Å². The number of benzene rings is 1. The standard InChI is InChI=1S/C16H26N2/c1-13-8-5-6-9-14(13)15(17-4)12-18-11-7-10-16(18,2)3/h5-6,8-9,15,17H,7,10-12H2,1-4H3. The van der Waals surface area contributed by atoms with Gasteiger partial charge in [-0.05, 0) is 58.3 Å². The lowest BCUT2D eigenvalue weighted by Crippen LogP contribution is -2.43. The highest BCUT2D eigenvalue weighted by Crippen LogP contribution is 2.30. The number of likely N-dealkylation sites (N-methyl/N-ethyl adjacent to an activating group) is 1. The van der Waals surface area contributed by atoms with Crippen molar-refractivity contribution in [3.05, 3.63) is 35.4 Å². The van der Waals surface area contributed by atoms with E-state index in [1.807, 2.05) is 0 Å². The van der Waals surface area contributed by atoms with Crippen LogP contribution in [0.3, 0.4) is 0 Å². The fourth-order valence-corrected chi connectivity index (χ4v) is 3.05. The second-order valence-electron chi connectivity index (χ2n) is 6.06. The molecule has 0 spiro atoms. The van der Waals surface area contributed by atoms with Crippen LogP contribution >= 0.6 is 0 Å². The molecular weight excluding hydrogens is 220 g/mol.